The van der Waals surface area contributed by atoms with Crippen LogP contribution in [0, 0.1) is 6.92 Å². The van der Waals surface area contributed by atoms with Crippen molar-refractivity contribution in [3.8, 4) is 0 Å². The highest BCUT2D eigenvalue weighted by atomic mass is 32.2. The predicted molar refractivity (Wildman–Crippen MR) is 129 cm³/mol. The average Bonchev–Trinajstić information content (AvgIpc) is 2.79. The van der Waals surface area contributed by atoms with Crippen LogP contribution in [0.25, 0.3) is 0 Å². The van der Waals surface area contributed by atoms with Gasteiger partial charge >= 0.3 is 0 Å². The van der Waals surface area contributed by atoms with Crippen molar-refractivity contribution in [2.24, 2.45) is 0 Å². The summed E-state index contributed by atoms with van der Waals surface area (Å²) in [5.74, 6) is -0.370. The van der Waals surface area contributed by atoms with E-state index in [1.165, 1.54) is 20.9 Å². The minimum atomic E-state index is -3.61. The SMILES string of the molecule is Cc1ccc(S(=O)(=O)N2CCCCC2)cc1NC(=O)c1ccc2c(c1)CCCN2S(C)(=O)=O. The first-order chi connectivity index (χ1) is 15.6. The number of amides is 1. The highest BCUT2D eigenvalue weighted by Crippen LogP contribution is 2.31. The Bertz CT molecular complexity index is 1280. The number of nitrogens with one attached hydrogen (secondary N) is 1. The summed E-state index contributed by atoms with van der Waals surface area (Å²) in [5, 5.41) is 2.84. The van der Waals surface area contributed by atoms with E-state index in [0.29, 0.717) is 49.4 Å². The van der Waals surface area contributed by atoms with Crippen molar-refractivity contribution >= 4 is 37.3 Å². The molecule has 2 aliphatic heterocycles. The van der Waals surface area contributed by atoms with Crippen LogP contribution in [-0.2, 0) is 26.5 Å². The molecule has 2 aromatic carbocycles. The lowest BCUT2D eigenvalue weighted by atomic mass is 10.0. The number of aryl methyl sites for hydroxylation is 2. The summed E-state index contributed by atoms with van der Waals surface area (Å²) in [5.41, 5.74) is 2.99. The Labute approximate surface area is 195 Å². The Morgan fingerprint density at radius 3 is 2.33 bits per heavy atom. The highest BCUT2D eigenvalue weighted by Gasteiger charge is 2.27. The van der Waals surface area contributed by atoms with Crippen molar-refractivity contribution in [1.29, 1.82) is 0 Å². The molecule has 1 N–H and O–H groups in total. The van der Waals surface area contributed by atoms with E-state index >= 15 is 0 Å². The summed E-state index contributed by atoms with van der Waals surface area (Å²) in [6.45, 7) is 3.26. The van der Waals surface area contributed by atoms with E-state index in [1.807, 2.05) is 6.92 Å². The number of carbonyl (C=O) groups is 1. The number of anilines is 2. The molecule has 0 aromatic heterocycles. The van der Waals surface area contributed by atoms with Gasteiger partial charge in [0.05, 0.1) is 16.8 Å². The Morgan fingerprint density at radius 2 is 1.64 bits per heavy atom. The van der Waals surface area contributed by atoms with Gasteiger partial charge in [-0.3, -0.25) is 9.10 Å². The van der Waals surface area contributed by atoms with Gasteiger partial charge in [-0.2, -0.15) is 4.31 Å². The molecule has 1 amide bonds. The molecule has 10 heteroatoms. The van der Waals surface area contributed by atoms with Crippen molar-refractivity contribution in [1.82, 2.24) is 4.31 Å². The van der Waals surface area contributed by atoms with E-state index in [0.717, 1.165) is 30.4 Å². The molecule has 0 aliphatic carbocycles. The fraction of sp³-hybridized carbons (Fsp3) is 0.435. The van der Waals surface area contributed by atoms with Crippen LogP contribution in [0.4, 0.5) is 11.4 Å². The first-order valence-electron chi connectivity index (χ1n) is 11.1. The predicted octanol–water partition coefficient (Wildman–Crippen LogP) is 3.13. The van der Waals surface area contributed by atoms with Crippen molar-refractivity contribution in [2.75, 3.05) is 35.5 Å². The highest BCUT2D eigenvalue weighted by molar-refractivity contribution is 7.92. The maximum atomic E-state index is 13.0. The summed E-state index contributed by atoms with van der Waals surface area (Å²) in [6, 6.07) is 9.76. The van der Waals surface area contributed by atoms with Crippen LogP contribution in [0.15, 0.2) is 41.3 Å². The first kappa shape index (κ1) is 23.7. The van der Waals surface area contributed by atoms with Crippen LogP contribution in [0.5, 0.6) is 0 Å². The zero-order chi connectivity index (χ0) is 23.8. The summed E-state index contributed by atoms with van der Waals surface area (Å²) in [7, 11) is -7.00. The Balaban J connectivity index is 1.58. The number of piperidine rings is 1. The largest absolute Gasteiger partial charge is 0.322 e. The fourth-order valence-electron chi connectivity index (χ4n) is 4.39. The number of benzene rings is 2. The summed E-state index contributed by atoms with van der Waals surface area (Å²) < 4.78 is 53.1. The third kappa shape index (κ3) is 4.92. The molecule has 8 nitrogen and oxygen atoms in total. The lowest BCUT2D eigenvalue weighted by molar-refractivity contribution is 0.102. The van der Waals surface area contributed by atoms with Crippen LogP contribution in [0.2, 0.25) is 0 Å². The molecule has 1 saturated heterocycles. The van der Waals surface area contributed by atoms with Gasteiger partial charge in [0.25, 0.3) is 5.91 Å². The topological polar surface area (TPSA) is 104 Å². The van der Waals surface area contributed by atoms with Crippen LogP contribution >= 0.6 is 0 Å². The van der Waals surface area contributed by atoms with Gasteiger partial charge in [0.1, 0.15) is 0 Å². The van der Waals surface area contributed by atoms with E-state index < -0.39 is 20.0 Å². The quantitative estimate of drug-likeness (QED) is 0.692. The second kappa shape index (κ2) is 9.08. The number of carbonyl (C=O) groups excluding carboxylic acids is 1. The number of hydrogen-bond donors (Lipinski definition) is 1. The molecule has 0 radical (unpaired) electrons. The minimum absolute atomic E-state index is 0.166. The molecule has 0 bridgehead atoms. The smallest absolute Gasteiger partial charge is 0.255 e. The summed E-state index contributed by atoms with van der Waals surface area (Å²) in [4.78, 5) is 13.2. The van der Waals surface area contributed by atoms with Crippen LogP contribution in [0.1, 0.15) is 47.2 Å². The van der Waals surface area contributed by atoms with E-state index in [4.69, 9.17) is 0 Å². The molecule has 2 aliphatic rings. The van der Waals surface area contributed by atoms with Crippen molar-refractivity contribution < 1.29 is 21.6 Å². The van der Waals surface area contributed by atoms with Gasteiger partial charge in [-0.1, -0.05) is 12.5 Å². The van der Waals surface area contributed by atoms with Gasteiger partial charge in [-0.05, 0) is 74.1 Å². The van der Waals surface area contributed by atoms with E-state index in [2.05, 4.69) is 5.32 Å². The van der Waals surface area contributed by atoms with Gasteiger partial charge in [-0.25, -0.2) is 16.8 Å². The van der Waals surface area contributed by atoms with Crippen LogP contribution in [-0.4, -0.2) is 52.9 Å². The number of hydrogen-bond acceptors (Lipinski definition) is 5. The number of nitrogens with zero attached hydrogens (tertiary/aromatic N) is 2. The first-order valence-corrected chi connectivity index (χ1v) is 14.4. The third-order valence-electron chi connectivity index (χ3n) is 6.23. The van der Waals surface area contributed by atoms with Gasteiger partial charge in [0.15, 0.2) is 0 Å². The molecule has 0 saturated carbocycles. The third-order valence-corrected chi connectivity index (χ3v) is 9.30. The standard InChI is InChI=1S/C23H29N3O5S2/c1-17-8-10-20(33(30,31)25-12-4-3-5-13-25)16-21(17)24-23(27)19-9-11-22-18(15-19)7-6-14-26(22)32(2,28)29/h8-11,15-16H,3-7,12-14H2,1-2H3,(H,24,27). The number of sulfonamides is 2. The second-order valence-electron chi connectivity index (χ2n) is 8.68. The van der Waals surface area contributed by atoms with Crippen LogP contribution < -0.4 is 9.62 Å². The minimum Gasteiger partial charge on any atom is -0.322 e. The normalized spacial score (nSPS) is 17.5. The van der Waals surface area contributed by atoms with E-state index in [9.17, 15) is 21.6 Å². The van der Waals surface area contributed by atoms with Gasteiger partial charge in [0, 0.05) is 30.9 Å². The van der Waals surface area contributed by atoms with Crippen molar-refractivity contribution in [3.05, 3.63) is 53.1 Å². The zero-order valence-electron chi connectivity index (χ0n) is 18.9. The molecule has 0 spiro atoms. The molecule has 2 heterocycles. The molecular formula is C23H29N3O5S2. The Kier molecular flexibility index (Phi) is 6.52. The molecular weight excluding hydrogens is 462 g/mol. The summed E-state index contributed by atoms with van der Waals surface area (Å²) in [6.07, 6.45) is 5.28. The monoisotopic (exact) mass is 491 g/mol. The lowest BCUT2D eigenvalue weighted by Gasteiger charge is -2.29. The summed E-state index contributed by atoms with van der Waals surface area (Å²) >= 11 is 0. The maximum Gasteiger partial charge on any atom is 0.255 e. The second-order valence-corrected chi connectivity index (χ2v) is 12.5. The fourth-order valence-corrected chi connectivity index (χ4v) is 6.93. The van der Waals surface area contributed by atoms with Crippen molar-refractivity contribution in [3.63, 3.8) is 0 Å². The van der Waals surface area contributed by atoms with Gasteiger partial charge < -0.3 is 5.32 Å². The maximum absolute atomic E-state index is 13.0. The van der Waals surface area contributed by atoms with Crippen molar-refractivity contribution in [2.45, 2.75) is 43.9 Å². The number of rotatable bonds is 5. The Morgan fingerprint density at radius 1 is 0.909 bits per heavy atom. The molecule has 0 atom stereocenters. The zero-order valence-corrected chi connectivity index (χ0v) is 20.5. The molecule has 0 unspecified atom stereocenters. The van der Waals surface area contributed by atoms with Crippen LogP contribution in [0.3, 0.4) is 0 Å². The average molecular weight is 492 g/mol. The molecule has 178 valence electrons. The van der Waals surface area contributed by atoms with E-state index in [1.54, 1.807) is 30.3 Å². The van der Waals surface area contributed by atoms with E-state index in [-0.39, 0.29) is 10.8 Å². The molecule has 4 rings (SSSR count). The Hall–Kier alpha value is -2.43. The van der Waals surface area contributed by atoms with Gasteiger partial charge in [-0.15, -0.1) is 0 Å². The van der Waals surface area contributed by atoms with Gasteiger partial charge in [0.2, 0.25) is 20.0 Å². The molecule has 2 aromatic rings. The number of fused-ring (bicyclic) bond motifs is 1. The lowest BCUT2D eigenvalue weighted by Crippen LogP contribution is -2.35. The molecule has 33 heavy (non-hydrogen) atoms. The molecule has 1 fully saturated rings.